The summed E-state index contributed by atoms with van der Waals surface area (Å²) in [7, 11) is 0. The lowest BCUT2D eigenvalue weighted by atomic mass is 10.2. The van der Waals surface area contributed by atoms with Crippen molar-refractivity contribution in [2.75, 3.05) is 31.1 Å². The van der Waals surface area contributed by atoms with Crippen LogP contribution in [0.1, 0.15) is 16.4 Å². The minimum Gasteiger partial charge on any atom is -0.366 e. The Labute approximate surface area is 138 Å². The van der Waals surface area contributed by atoms with Crippen LogP contribution in [0.4, 0.5) is 5.69 Å². The zero-order valence-electron chi connectivity index (χ0n) is 13.3. The number of fused-ring (bicyclic) bond motifs is 1. The van der Waals surface area contributed by atoms with Crippen molar-refractivity contribution in [1.82, 2.24) is 29.7 Å². The topological polar surface area (TPSA) is 62.5 Å². The highest BCUT2D eigenvalue weighted by Crippen LogP contribution is 2.22. The van der Waals surface area contributed by atoms with Gasteiger partial charge in [0.15, 0.2) is 0 Å². The average molecular weight is 329 g/mol. The summed E-state index contributed by atoms with van der Waals surface area (Å²) in [6.45, 7) is 9.01. The lowest BCUT2D eigenvalue weighted by Gasteiger charge is -2.35. The Morgan fingerprint density at radius 2 is 2.00 bits per heavy atom. The second-order valence-corrected chi connectivity index (χ2v) is 6.95. The van der Waals surface area contributed by atoms with E-state index in [-0.39, 0.29) is 0 Å². The summed E-state index contributed by atoms with van der Waals surface area (Å²) in [6.07, 6.45) is 1.66. The predicted octanol–water partition coefficient (Wildman–Crippen LogP) is 1.52. The molecule has 4 heterocycles. The maximum atomic E-state index is 4.56. The first kappa shape index (κ1) is 14.5. The second kappa shape index (κ2) is 5.86. The SMILES string of the molecule is Cc1cc(N2CCN(Cc3csc(C)n3)CC2)c2nncn2n1. The molecular weight excluding hydrogens is 310 g/mol. The highest BCUT2D eigenvalue weighted by molar-refractivity contribution is 7.09. The fraction of sp³-hybridized carbons (Fsp3) is 0.467. The van der Waals surface area contributed by atoms with E-state index < -0.39 is 0 Å². The molecule has 0 radical (unpaired) electrons. The van der Waals surface area contributed by atoms with Gasteiger partial charge in [0.25, 0.3) is 0 Å². The minimum atomic E-state index is 0.833. The molecule has 0 N–H and O–H groups in total. The predicted molar refractivity (Wildman–Crippen MR) is 89.9 cm³/mol. The van der Waals surface area contributed by atoms with Gasteiger partial charge in [-0.2, -0.15) is 9.61 Å². The standard InChI is InChI=1S/C15H19N7S/c1-11-7-14(15-18-16-10-22(15)19-11)21-5-3-20(4-6-21)8-13-9-23-12(2)17-13/h7,9-10H,3-6,8H2,1-2H3. The zero-order valence-corrected chi connectivity index (χ0v) is 14.1. The highest BCUT2D eigenvalue weighted by atomic mass is 32.1. The van der Waals surface area contributed by atoms with Gasteiger partial charge in [-0.1, -0.05) is 0 Å². The Bertz CT molecular complexity index is 816. The van der Waals surface area contributed by atoms with Gasteiger partial charge in [-0.05, 0) is 19.9 Å². The third-order valence-electron chi connectivity index (χ3n) is 4.14. The summed E-state index contributed by atoms with van der Waals surface area (Å²) in [5, 5.41) is 15.9. The normalized spacial score (nSPS) is 16.3. The van der Waals surface area contributed by atoms with Crippen molar-refractivity contribution in [2.24, 2.45) is 0 Å². The number of rotatable bonds is 3. The molecule has 0 aromatic carbocycles. The van der Waals surface area contributed by atoms with Gasteiger partial charge in [-0.3, -0.25) is 4.90 Å². The van der Waals surface area contributed by atoms with Crippen molar-refractivity contribution in [3.05, 3.63) is 34.2 Å². The van der Waals surface area contributed by atoms with Crippen LogP contribution in [0.2, 0.25) is 0 Å². The monoisotopic (exact) mass is 329 g/mol. The maximum absolute atomic E-state index is 4.56. The Balaban J connectivity index is 1.47. The lowest BCUT2D eigenvalue weighted by molar-refractivity contribution is 0.247. The van der Waals surface area contributed by atoms with Crippen LogP contribution in [0.3, 0.4) is 0 Å². The Morgan fingerprint density at radius 1 is 1.17 bits per heavy atom. The molecule has 23 heavy (non-hydrogen) atoms. The number of piperazine rings is 1. The fourth-order valence-corrected chi connectivity index (χ4v) is 3.63. The highest BCUT2D eigenvalue weighted by Gasteiger charge is 2.21. The molecule has 0 atom stereocenters. The largest absolute Gasteiger partial charge is 0.366 e. The van der Waals surface area contributed by atoms with E-state index in [9.17, 15) is 0 Å². The van der Waals surface area contributed by atoms with E-state index in [4.69, 9.17) is 0 Å². The summed E-state index contributed by atoms with van der Waals surface area (Å²) in [5.41, 5.74) is 4.12. The van der Waals surface area contributed by atoms with Crippen LogP contribution < -0.4 is 4.90 Å². The van der Waals surface area contributed by atoms with Gasteiger partial charge in [0.1, 0.15) is 6.33 Å². The van der Waals surface area contributed by atoms with Gasteiger partial charge >= 0.3 is 0 Å². The van der Waals surface area contributed by atoms with Crippen molar-refractivity contribution in [1.29, 1.82) is 0 Å². The van der Waals surface area contributed by atoms with E-state index in [1.165, 1.54) is 5.69 Å². The summed E-state index contributed by atoms with van der Waals surface area (Å²) in [4.78, 5) is 9.40. The number of anilines is 1. The third-order valence-corrected chi connectivity index (χ3v) is 4.96. The molecule has 3 aromatic rings. The van der Waals surface area contributed by atoms with E-state index >= 15 is 0 Å². The molecule has 0 aliphatic carbocycles. The summed E-state index contributed by atoms with van der Waals surface area (Å²) >= 11 is 1.72. The Morgan fingerprint density at radius 3 is 2.74 bits per heavy atom. The number of hydrogen-bond donors (Lipinski definition) is 0. The van der Waals surface area contributed by atoms with Gasteiger partial charge < -0.3 is 4.90 Å². The van der Waals surface area contributed by atoms with Gasteiger partial charge in [-0.15, -0.1) is 21.5 Å². The molecule has 3 aromatic heterocycles. The molecule has 0 spiro atoms. The van der Waals surface area contributed by atoms with Crippen LogP contribution in [0.15, 0.2) is 17.8 Å². The lowest BCUT2D eigenvalue weighted by Crippen LogP contribution is -2.46. The van der Waals surface area contributed by atoms with Gasteiger partial charge in [0.05, 0.1) is 22.1 Å². The molecule has 0 amide bonds. The quantitative estimate of drug-likeness (QED) is 0.726. The molecule has 1 fully saturated rings. The first-order chi connectivity index (χ1) is 11.2. The van der Waals surface area contributed by atoms with Crippen molar-refractivity contribution >= 4 is 22.7 Å². The van der Waals surface area contributed by atoms with Crippen LogP contribution >= 0.6 is 11.3 Å². The fourth-order valence-electron chi connectivity index (χ4n) is 3.02. The van der Waals surface area contributed by atoms with Crippen LogP contribution in [0.25, 0.3) is 5.65 Å². The number of thiazole rings is 1. The molecule has 0 unspecified atom stereocenters. The number of nitrogens with zero attached hydrogens (tertiary/aromatic N) is 7. The maximum Gasteiger partial charge on any atom is 0.200 e. The van der Waals surface area contributed by atoms with Gasteiger partial charge in [0, 0.05) is 38.1 Å². The van der Waals surface area contributed by atoms with Crippen molar-refractivity contribution in [2.45, 2.75) is 20.4 Å². The third kappa shape index (κ3) is 2.91. The summed E-state index contributed by atoms with van der Waals surface area (Å²) < 4.78 is 1.76. The van der Waals surface area contributed by atoms with Crippen molar-refractivity contribution in [3.8, 4) is 0 Å². The molecular formula is C15H19N7S. The van der Waals surface area contributed by atoms with E-state index in [1.54, 1.807) is 22.2 Å². The summed E-state index contributed by atoms with van der Waals surface area (Å²) in [6, 6.07) is 2.10. The molecule has 1 saturated heterocycles. The average Bonchev–Trinajstić information content (AvgIpc) is 3.16. The van der Waals surface area contributed by atoms with Crippen LogP contribution in [0, 0.1) is 13.8 Å². The second-order valence-electron chi connectivity index (χ2n) is 5.89. The number of aromatic nitrogens is 5. The van der Waals surface area contributed by atoms with E-state index in [2.05, 4.69) is 48.5 Å². The molecule has 120 valence electrons. The van der Waals surface area contributed by atoms with Crippen molar-refractivity contribution in [3.63, 3.8) is 0 Å². The van der Waals surface area contributed by atoms with E-state index in [0.717, 1.165) is 54.8 Å². The molecule has 8 heteroatoms. The zero-order chi connectivity index (χ0) is 15.8. The molecule has 1 aliphatic rings. The van der Waals surface area contributed by atoms with Gasteiger partial charge in [0.2, 0.25) is 5.65 Å². The van der Waals surface area contributed by atoms with Crippen LogP contribution in [0.5, 0.6) is 0 Å². The van der Waals surface area contributed by atoms with Crippen LogP contribution in [-0.2, 0) is 6.54 Å². The minimum absolute atomic E-state index is 0.833. The molecule has 1 aliphatic heterocycles. The molecule has 7 nitrogen and oxygen atoms in total. The first-order valence-corrected chi connectivity index (χ1v) is 8.63. The van der Waals surface area contributed by atoms with Gasteiger partial charge in [-0.25, -0.2) is 4.98 Å². The Hall–Kier alpha value is -2.06. The first-order valence-electron chi connectivity index (χ1n) is 7.75. The van der Waals surface area contributed by atoms with Crippen LogP contribution in [-0.4, -0.2) is 55.9 Å². The number of hydrogen-bond acceptors (Lipinski definition) is 7. The molecule has 4 rings (SSSR count). The van der Waals surface area contributed by atoms with Crippen molar-refractivity contribution < 1.29 is 0 Å². The number of aryl methyl sites for hydroxylation is 2. The molecule has 0 bridgehead atoms. The summed E-state index contributed by atoms with van der Waals surface area (Å²) in [5.74, 6) is 0. The Kier molecular flexibility index (Phi) is 3.70. The van der Waals surface area contributed by atoms with E-state index in [1.807, 2.05) is 6.92 Å². The van der Waals surface area contributed by atoms with E-state index in [0.29, 0.717) is 0 Å². The molecule has 0 saturated carbocycles. The smallest absolute Gasteiger partial charge is 0.200 e.